The molecule has 1 aromatic carbocycles. The zero-order valence-corrected chi connectivity index (χ0v) is 10.9. The summed E-state index contributed by atoms with van der Waals surface area (Å²) in [6.45, 7) is 3.54. The fraction of sp³-hybridized carbons (Fsp3) is 0.429. The summed E-state index contributed by atoms with van der Waals surface area (Å²) in [5.74, 6) is 1.70. The maximum atomic E-state index is 5.75. The van der Waals surface area contributed by atoms with Gasteiger partial charge in [-0.2, -0.15) is 4.98 Å². The van der Waals surface area contributed by atoms with E-state index in [0.29, 0.717) is 11.8 Å². The van der Waals surface area contributed by atoms with Crippen LogP contribution in [0.5, 0.6) is 0 Å². The maximum Gasteiger partial charge on any atom is 0.258 e. The van der Waals surface area contributed by atoms with Gasteiger partial charge in [0, 0.05) is 30.4 Å². The molecular weight excluding hydrogens is 242 g/mol. The predicted octanol–water partition coefficient (Wildman–Crippen LogP) is 2.52. The lowest BCUT2D eigenvalue weighted by molar-refractivity contribution is 0.0830. The van der Waals surface area contributed by atoms with Crippen LogP contribution in [0.1, 0.15) is 30.1 Å². The van der Waals surface area contributed by atoms with E-state index in [9.17, 15) is 0 Å². The maximum absolute atomic E-state index is 5.75. The summed E-state index contributed by atoms with van der Waals surface area (Å²) in [7, 11) is 0. The second kappa shape index (κ2) is 5.01. The van der Waals surface area contributed by atoms with Gasteiger partial charge in [-0.25, -0.2) is 0 Å². The summed E-state index contributed by atoms with van der Waals surface area (Å²) in [5, 5.41) is 4.11. The summed E-state index contributed by atoms with van der Waals surface area (Å²) in [4.78, 5) is 4.52. The molecule has 1 aromatic heterocycles. The number of nitrogens with two attached hydrogens (primary N) is 1. The van der Waals surface area contributed by atoms with Crippen molar-refractivity contribution in [3.8, 4) is 11.5 Å². The van der Waals surface area contributed by atoms with Gasteiger partial charge in [-0.1, -0.05) is 5.16 Å². The van der Waals surface area contributed by atoms with Crippen LogP contribution in [0, 0.1) is 6.92 Å². The first-order chi connectivity index (χ1) is 9.24. The highest BCUT2D eigenvalue weighted by atomic mass is 16.5. The van der Waals surface area contributed by atoms with Gasteiger partial charge < -0.3 is 15.0 Å². The molecule has 0 amide bonds. The molecule has 100 valence electrons. The number of hydrogen-bond donors (Lipinski definition) is 1. The first-order valence-electron chi connectivity index (χ1n) is 6.52. The zero-order valence-electron chi connectivity index (χ0n) is 10.9. The Bertz CT molecular complexity index is 574. The van der Waals surface area contributed by atoms with E-state index in [4.69, 9.17) is 15.0 Å². The van der Waals surface area contributed by atoms with E-state index in [1.165, 1.54) is 0 Å². The molecule has 0 unspecified atom stereocenters. The van der Waals surface area contributed by atoms with Gasteiger partial charge in [-0.05, 0) is 43.5 Å². The van der Waals surface area contributed by atoms with Crippen LogP contribution in [0.4, 0.5) is 5.69 Å². The fourth-order valence-electron chi connectivity index (χ4n) is 2.39. The summed E-state index contributed by atoms with van der Waals surface area (Å²) < 4.78 is 10.7. The van der Waals surface area contributed by atoms with E-state index in [0.717, 1.165) is 48.7 Å². The van der Waals surface area contributed by atoms with E-state index in [-0.39, 0.29) is 0 Å². The molecule has 0 atom stereocenters. The third-order valence-corrected chi connectivity index (χ3v) is 3.51. The Balaban J connectivity index is 1.87. The molecule has 19 heavy (non-hydrogen) atoms. The second-order valence-electron chi connectivity index (χ2n) is 4.92. The smallest absolute Gasteiger partial charge is 0.258 e. The molecule has 2 aromatic rings. The Morgan fingerprint density at radius 2 is 2.05 bits per heavy atom. The number of benzene rings is 1. The molecule has 5 heteroatoms. The molecule has 3 rings (SSSR count). The van der Waals surface area contributed by atoms with E-state index in [1.807, 2.05) is 25.1 Å². The Morgan fingerprint density at radius 3 is 2.79 bits per heavy atom. The summed E-state index contributed by atoms with van der Waals surface area (Å²) >= 11 is 0. The highest BCUT2D eigenvalue weighted by Gasteiger charge is 2.22. The quantitative estimate of drug-likeness (QED) is 0.839. The largest absolute Gasteiger partial charge is 0.399 e. The number of hydrogen-bond acceptors (Lipinski definition) is 5. The van der Waals surface area contributed by atoms with Crippen molar-refractivity contribution in [2.24, 2.45) is 0 Å². The van der Waals surface area contributed by atoms with Gasteiger partial charge in [0.2, 0.25) is 0 Å². The van der Waals surface area contributed by atoms with Crippen molar-refractivity contribution in [3.63, 3.8) is 0 Å². The van der Waals surface area contributed by atoms with Gasteiger partial charge in [0.1, 0.15) is 0 Å². The van der Waals surface area contributed by atoms with Gasteiger partial charge in [0.15, 0.2) is 5.82 Å². The van der Waals surface area contributed by atoms with Gasteiger partial charge in [-0.15, -0.1) is 0 Å². The number of nitrogen functional groups attached to an aromatic ring is 1. The van der Waals surface area contributed by atoms with Crippen molar-refractivity contribution in [2.75, 3.05) is 18.9 Å². The molecule has 1 fully saturated rings. The molecule has 0 bridgehead atoms. The van der Waals surface area contributed by atoms with Crippen molar-refractivity contribution in [1.29, 1.82) is 0 Å². The molecule has 2 heterocycles. The summed E-state index contributed by atoms with van der Waals surface area (Å²) in [6, 6.07) is 5.68. The standard InChI is InChI=1S/C14H17N3O2/c1-9-8-11(15)2-3-12(9)14-16-13(17-19-14)10-4-6-18-7-5-10/h2-3,8,10H,4-7,15H2,1H3. The molecule has 0 saturated carbocycles. The molecule has 0 radical (unpaired) electrons. The van der Waals surface area contributed by atoms with Gasteiger partial charge in [-0.3, -0.25) is 0 Å². The zero-order chi connectivity index (χ0) is 13.2. The highest BCUT2D eigenvalue weighted by molar-refractivity contribution is 5.62. The molecule has 1 aliphatic rings. The molecule has 1 aliphatic heterocycles. The van der Waals surface area contributed by atoms with Crippen LogP contribution in [0.3, 0.4) is 0 Å². The molecule has 5 nitrogen and oxygen atoms in total. The lowest BCUT2D eigenvalue weighted by Crippen LogP contribution is -2.15. The topological polar surface area (TPSA) is 74.2 Å². The SMILES string of the molecule is Cc1cc(N)ccc1-c1nc(C2CCOCC2)no1. The Labute approximate surface area is 111 Å². The molecule has 0 aliphatic carbocycles. The predicted molar refractivity (Wildman–Crippen MR) is 71.7 cm³/mol. The van der Waals surface area contributed by atoms with Crippen LogP contribution in [-0.2, 0) is 4.74 Å². The number of aromatic nitrogens is 2. The van der Waals surface area contributed by atoms with Gasteiger partial charge in [0.05, 0.1) is 0 Å². The summed E-state index contributed by atoms with van der Waals surface area (Å²) in [5.41, 5.74) is 8.48. The van der Waals surface area contributed by atoms with Crippen molar-refractivity contribution < 1.29 is 9.26 Å². The molecular formula is C14H17N3O2. The summed E-state index contributed by atoms with van der Waals surface area (Å²) in [6.07, 6.45) is 1.92. The highest BCUT2D eigenvalue weighted by Crippen LogP contribution is 2.28. The average Bonchev–Trinajstić information content (AvgIpc) is 2.89. The molecule has 1 saturated heterocycles. The van der Waals surface area contributed by atoms with E-state index in [2.05, 4.69) is 10.1 Å². The molecule has 0 spiro atoms. The molecule has 2 N–H and O–H groups in total. The minimum atomic E-state index is 0.348. The van der Waals surface area contributed by atoms with Crippen LogP contribution >= 0.6 is 0 Å². The van der Waals surface area contributed by atoms with Gasteiger partial charge in [0.25, 0.3) is 5.89 Å². The minimum Gasteiger partial charge on any atom is -0.399 e. The van der Waals surface area contributed by atoms with Crippen LogP contribution in [0.2, 0.25) is 0 Å². The van der Waals surface area contributed by atoms with Crippen LogP contribution in [0.25, 0.3) is 11.5 Å². The number of rotatable bonds is 2. The first-order valence-corrected chi connectivity index (χ1v) is 6.52. The first kappa shape index (κ1) is 12.2. The number of ether oxygens (including phenoxy) is 1. The van der Waals surface area contributed by atoms with Crippen molar-refractivity contribution in [1.82, 2.24) is 10.1 Å². The van der Waals surface area contributed by atoms with Crippen LogP contribution in [0.15, 0.2) is 22.7 Å². The normalized spacial score (nSPS) is 16.7. The number of nitrogens with zero attached hydrogens (tertiary/aromatic N) is 2. The van der Waals surface area contributed by atoms with Crippen LogP contribution < -0.4 is 5.73 Å². The fourth-order valence-corrected chi connectivity index (χ4v) is 2.39. The minimum absolute atomic E-state index is 0.348. The Morgan fingerprint density at radius 1 is 1.26 bits per heavy atom. The van der Waals surface area contributed by atoms with Crippen molar-refractivity contribution in [3.05, 3.63) is 29.6 Å². The Hall–Kier alpha value is -1.88. The number of anilines is 1. The van der Waals surface area contributed by atoms with E-state index < -0.39 is 0 Å². The average molecular weight is 259 g/mol. The van der Waals surface area contributed by atoms with E-state index >= 15 is 0 Å². The van der Waals surface area contributed by atoms with Gasteiger partial charge >= 0.3 is 0 Å². The third-order valence-electron chi connectivity index (χ3n) is 3.51. The number of aryl methyl sites for hydroxylation is 1. The van der Waals surface area contributed by atoms with Crippen molar-refractivity contribution in [2.45, 2.75) is 25.7 Å². The van der Waals surface area contributed by atoms with E-state index in [1.54, 1.807) is 0 Å². The lowest BCUT2D eigenvalue weighted by Gasteiger charge is -2.18. The Kier molecular flexibility index (Phi) is 3.21. The van der Waals surface area contributed by atoms with Crippen molar-refractivity contribution >= 4 is 5.69 Å². The third kappa shape index (κ3) is 2.46. The second-order valence-corrected chi connectivity index (χ2v) is 4.92. The monoisotopic (exact) mass is 259 g/mol. The van der Waals surface area contributed by atoms with Crippen LogP contribution in [-0.4, -0.2) is 23.4 Å². The lowest BCUT2D eigenvalue weighted by atomic mass is 10.00.